The molecular weight excluding hydrogens is 504 g/mol. The Labute approximate surface area is 242 Å². The van der Waals surface area contributed by atoms with Crippen LogP contribution in [0.4, 0.5) is 5.95 Å². The van der Waals surface area contributed by atoms with Crippen molar-refractivity contribution in [3.05, 3.63) is 137 Å². The SMILES string of the molecule is CN(CCc1ccccc1)c1ncc(C(=O)NCc2cccc3ccccc23)c(C2(c3ccccc3)CCCC2)n1. The molecule has 0 radical (unpaired) electrons. The Hall–Kier alpha value is -4.51. The zero-order chi connectivity index (χ0) is 28.1. The summed E-state index contributed by atoms with van der Waals surface area (Å²) in [5.41, 5.74) is 4.68. The highest BCUT2D eigenvalue weighted by molar-refractivity contribution is 5.96. The molecule has 0 saturated heterocycles. The minimum Gasteiger partial charge on any atom is -0.348 e. The van der Waals surface area contributed by atoms with Crippen LogP contribution in [0, 0.1) is 0 Å². The summed E-state index contributed by atoms with van der Waals surface area (Å²) in [4.78, 5) is 25.9. The van der Waals surface area contributed by atoms with Crippen LogP contribution in [0.15, 0.2) is 109 Å². The van der Waals surface area contributed by atoms with Crippen LogP contribution in [0.1, 0.15) is 58.4 Å². The van der Waals surface area contributed by atoms with Gasteiger partial charge in [-0.05, 0) is 46.7 Å². The number of anilines is 1. The van der Waals surface area contributed by atoms with Gasteiger partial charge < -0.3 is 10.2 Å². The summed E-state index contributed by atoms with van der Waals surface area (Å²) in [6.07, 6.45) is 6.78. The molecule has 1 aliphatic carbocycles. The van der Waals surface area contributed by atoms with E-state index in [0.29, 0.717) is 18.1 Å². The molecule has 1 fully saturated rings. The number of rotatable bonds is 9. The first kappa shape index (κ1) is 26.7. The van der Waals surface area contributed by atoms with Crippen molar-refractivity contribution in [2.24, 2.45) is 0 Å². The van der Waals surface area contributed by atoms with Gasteiger partial charge in [-0.15, -0.1) is 0 Å². The van der Waals surface area contributed by atoms with E-state index in [9.17, 15) is 4.79 Å². The molecule has 0 spiro atoms. The van der Waals surface area contributed by atoms with Gasteiger partial charge >= 0.3 is 0 Å². The van der Waals surface area contributed by atoms with Crippen molar-refractivity contribution in [1.82, 2.24) is 15.3 Å². The van der Waals surface area contributed by atoms with E-state index in [-0.39, 0.29) is 11.3 Å². The van der Waals surface area contributed by atoms with E-state index < -0.39 is 0 Å². The molecule has 5 heteroatoms. The Morgan fingerprint density at radius 3 is 2.32 bits per heavy atom. The first-order valence-electron chi connectivity index (χ1n) is 14.6. The van der Waals surface area contributed by atoms with E-state index in [1.807, 2.05) is 37.4 Å². The molecule has 1 heterocycles. The van der Waals surface area contributed by atoms with Crippen molar-refractivity contribution in [1.29, 1.82) is 0 Å². The van der Waals surface area contributed by atoms with Crippen LogP contribution >= 0.6 is 0 Å². The molecular formula is C36H36N4O. The second kappa shape index (κ2) is 11.9. The normalized spacial score (nSPS) is 14.2. The average Bonchev–Trinajstić information content (AvgIpc) is 3.54. The number of aromatic nitrogens is 2. The minimum atomic E-state index is -0.314. The maximum atomic E-state index is 13.9. The van der Waals surface area contributed by atoms with Crippen molar-refractivity contribution >= 4 is 22.6 Å². The Bertz CT molecular complexity index is 1620. The van der Waals surface area contributed by atoms with Gasteiger partial charge in [-0.25, -0.2) is 9.97 Å². The zero-order valence-corrected chi connectivity index (χ0v) is 23.6. The third kappa shape index (κ3) is 5.58. The van der Waals surface area contributed by atoms with E-state index >= 15 is 0 Å². The van der Waals surface area contributed by atoms with Gasteiger partial charge in [-0.2, -0.15) is 0 Å². The molecule has 1 aliphatic rings. The van der Waals surface area contributed by atoms with E-state index in [2.05, 4.69) is 83.0 Å². The maximum absolute atomic E-state index is 13.9. The standard InChI is InChI=1S/C36H36N4O/c1-40(24-21-27-13-4-2-5-14-27)35-38-26-32(33(39-35)36(22-10-11-23-36)30-18-6-3-7-19-30)34(41)37-25-29-17-12-16-28-15-8-9-20-31(28)29/h2-9,12-20,26H,10-11,21-25H2,1H3,(H,37,41). The van der Waals surface area contributed by atoms with E-state index in [0.717, 1.165) is 55.3 Å². The fourth-order valence-corrected chi connectivity index (χ4v) is 6.24. The number of hydrogen-bond donors (Lipinski definition) is 1. The summed E-state index contributed by atoms with van der Waals surface area (Å²) < 4.78 is 0. The molecule has 1 amide bonds. The van der Waals surface area contributed by atoms with Gasteiger partial charge in [0, 0.05) is 31.7 Å². The van der Waals surface area contributed by atoms with Crippen molar-refractivity contribution in [3.63, 3.8) is 0 Å². The third-order valence-electron chi connectivity index (χ3n) is 8.50. The number of nitrogens with one attached hydrogen (secondary N) is 1. The lowest BCUT2D eigenvalue weighted by Gasteiger charge is -2.32. The quantitative estimate of drug-likeness (QED) is 0.217. The Kier molecular flexibility index (Phi) is 7.77. The molecule has 5 nitrogen and oxygen atoms in total. The Morgan fingerprint density at radius 2 is 1.54 bits per heavy atom. The summed E-state index contributed by atoms with van der Waals surface area (Å²) in [6.45, 7) is 1.23. The molecule has 1 aromatic heterocycles. The predicted molar refractivity (Wildman–Crippen MR) is 166 cm³/mol. The predicted octanol–water partition coefficient (Wildman–Crippen LogP) is 7.10. The van der Waals surface area contributed by atoms with Crippen LogP contribution in [0.25, 0.3) is 10.8 Å². The van der Waals surface area contributed by atoms with E-state index in [1.54, 1.807) is 6.20 Å². The highest BCUT2D eigenvalue weighted by Gasteiger charge is 2.42. The molecule has 6 rings (SSSR count). The lowest BCUT2D eigenvalue weighted by Crippen LogP contribution is -2.33. The van der Waals surface area contributed by atoms with Gasteiger partial charge in [0.15, 0.2) is 0 Å². The number of carbonyl (C=O) groups excluding carboxylic acids is 1. The van der Waals surface area contributed by atoms with Crippen LogP contribution in [0.5, 0.6) is 0 Å². The van der Waals surface area contributed by atoms with E-state index in [1.165, 1.54) is 16.5 Å². The highest BCUT2D eigenvalue weighted by atomic mass is 16.1. The molecule has 0 unspecified atom stereocenters. The summed E-state index contributed by atoms with van der Waals surface area (Å²) in [5.74, 6) is 0.525. The Balaban J connectivity index is 1.34. The fourth-order valence-electron chi connectivity index (χ4n) is 6.24. The summed E-state index contributed by atoms with van der Waals surface area (Å²) in [6, 6.07) is 35.6. The fraction of sp³-hybridized carbons (Fsp3) is 0.250. The van der Waals surface area contributed by atoms with Crippen molar-refractivity contribution in [2.75, 3.05) is 18.5 Å². The molecule has 4 aromatic carbocycles. The van der Waals surface area contributed by atoms with Gasteiger partial charge in [-0.3, -0.25) is 4.79 Å². The summed E-state index contributed by atoms with van der Waals surface area (Å²) >= 11 is 0. The van der Waals surface area contributed by atoms with Crippen molar-refractivity contribution < 1.29 is 4.79 Å². The van der Waals surface area contributed by atoms with Crippen molar-refractivity contribution in [2.45, 2.75) is 44.1 Å². The van der Waals surface area contributed by atoms with Gasteiger partial charge in [0.2, 0.25) is 5.95 Å². The third-order valence-corrected chi connectivity index (χ3v) is 8.50. The Morgan fingerprint density at radius 1 is 0.854 bits per heavy atom. The molecule has 41 heavy (non-hydrogen) atoms. The molecule has 0 bridgehead atoms. The van der Waals surface area contributed by atoms with Crippen LogP contribution in [-0.4, -0.2) is 29.5 Å². The smallest absolute Gasteiger partial charge is 0.255 e. The second-order valence-electron chi connectivity index (χ2n) is 11.1. The zero-order valence-electron chi connectivity index (χ0n) is 23.6. The topological polar surface area (TPSA) is 58.1 Å². The largest absolute Gasteiger partial charge is 0.348 e. The molecule has 5 aromatic rings. The number of hydrogen-bond acceptors (Lipinski definition) is 4. The number of benzene rings is 4. The van der Waals surface area contributed by atoms with Gasteiger partial charge in [0.1, 0.15) is 0 Å². The molecule has 1 saturated carbocycles. The lowest BCUT2D eigenvalue weighted by atomic mass is 9.74. The van der Waals surface area contributed by atoms with Crippen LogP contribution in [0.2, 0.25) is 0 Å². The number of fused-ring (bicyclic) bond motifs is 1. The van der Waals surface area contributed by atoms with Gasteiger partial charge in [0.05, 0.1) is 11.3 Å². The molecule has 206 valence electrons. The number of nitrogens with zero attached hydrogens (tertiary/aromatic N) is 3. The van der Waals surface area contributed by atoms with E-state index in [4.69, 9.17) is 9.97 Å². The maximum Gasteiger partial charge on any atom is 0.255 e. The van der Waals surface area contributed by atoms with Crippen LogP contribution in [-0.2, 0) is 18.4 Å². The lowest BCUT2D eigenvalue weighted by molar-refractivity contribution is 0.0948. The van der Waals surface area contributed by atoms with Gasteiger partial charge in [0.25, 0.3) is 5.91 Å². The van der Waals surface area contributed by atoms with Crippen molar-refractivity contribution in [3.8, 4) is 0 Å². The van der Waals surface area contributed by atoms with Crippen LogP contribution in [0.3, 0.4) is 0 Å². The molecule has 0 atom stereocenters. The number of likely N-dealkylation sites (N-methyl/N-ethyl adjacent to an activating group) is 1. The van der Waals surface area contributed by atoms with Crippen LogP contribution < -0.4 is 10.2 Å². The molecule has 0 aliphatic heterocycles. The summed E-state index contributed by atoms with van der Waals surface area (Å²) in [7, 11) is 2.03. The first-order chi connectivity index (χ1) is 20.1. The monoisotopic (exact) mass is 540 g/mol. The number of carbonyl (C=O) groups is 1. The highest BCUT2D eigenvalue weighted by Crippen LogP contribution is 2.47. The summed E-state index contributed by atoms with van der Waals surface area (Å²) in [5, 5.41) is 5.52. The van der Waals surface area contributed by atoms with Gasteiger partial charge in [-0.1, -0.05) is 116 Å². The second-order valence-corrected chi connectivity index (χ2v) is 11.1. The average molecular weight is 541 g/mol. The first-order valence-corrected chi connectivity index (χ1v) is 14.6. The minimum absolute atomic E-state index is 0.131. The number of amides is 1. The molecule has 1 N–H and O–H groups in total.